The number of carbonyl (C=O) groups excluding carboxylic acids is 2. The zero-order valence-corrected chi connectivity index (χ0v) is 13.6. The van der Waals surface area contributed by atoms with Crippen LogP contribution in [0.3, 0.4) is 0 Å². The molecule has 0 spiro atoms. The maximum absolute atomic E-state index is 12.9. The normalized spacial score (nSPS) is 17.4. The lowest BCUT2D eigenvalue weighted by Crippen LogP contribution is -2.42. The van der Waals surface area contributed by atoms with Crippen molar-refractivity contribution >= 4 is 34.4 Å². The Bertz CT molecular complexity index is 744. The lowest BCUT2D eigenvalue weighted by molar-refractivity contribution is -0.132. The Kier molecular flexibility index (Phi) is 5.00. The van der Waals surface area contributed by atoms with Gasteiger partial charge in [0.1, 0.15) is 11.9 Å². The fourth-order valence-corrected chi connectivity index (χ4v) is 3.15. The summed E-state index contributed by atoms with van der Waals surface area (Å²) in [6, 6.07) is 5.37. The predicted molar refractivity (Wildman–Crippen MR) is 90.9 cm³/mol. The molecule has 7 heteroatoms. The van der Waals surface area contributed by atoms with Gasteiger partial charge in [-0.3, -0.25) is 9.59 Å². The van der Waals surface area contributed by atoms with Crippen LogP contribution in [0.5, 0.6) is 0 Å². The average Bonchev–Trinajstić information content (AvgIpc) is 3.25. The minimum absolute atomic E-state index is 0.217. The summed E-state index contributed by atoms with van der Waals surface area (Å²) in [7, 11) is 0. The van der Waals surface area contributed by atoms with Gasteiger partial charge < -0.3 is 10.2 Å². The lowest BCUT2D eigenvalue weighted by Gasteiger charge is -2.22. The molecule has 2 aromatic rings. The average molecular weight is 345 g/mol. The van der Waals surface area contributed by atoms with Crippen LogP contribution in [0.15, 0.2) is 41.9 Å². The summed E-state index contributed by atoms with van der Waals surface area (Å²) in [5.74, 6) is -0.765. The van der Waals surface area contributed by atoms with Crippen LogP contribution >= 0.6 is 11.3 Å². The third kappa shape index (κ3) is 3.86. The third-order valence-corrected chi connectivity index (χ3v) is 4.48. The number of nitrogens with one attached hydrogen (secondary N) is 1. The summed E-state index contributed by atoms with van der Waals surface area (Å²) in [5, 5.41) is 5.04. The van der Waals surface area contributed by atoms with Crippen LogP contribution in [0.4, 0.5) is 9.52 Å². The SMILES string of the molecule is O=C(Nc1nccs1)C1CCCN1C(=O)/C=C/c1ccc(F)cc1. The van der Waals surface area contributed by atoms with Gasteiger partial charge in [-0.25, -0.2) is 9.37 Å². The highest BCUT2D eigenvalue weighted by Gasteiger charge is 2.33. The summed E-state index contributed by atoms with van der Waals surface area (Å²) >= 11 is 1.34. The molecule has 5 nitrogen and oxygen atoms in total. The second-order valence-electron chi connectivity index (χ2n) is 5.40. The van der Waals surface area contributed by atoms with Crippen LogP contribution in [-0.2, 0) is 9.59 Å². The zero-order chi connectivity index (χ0) is 16.9. The Balaban J connectivity index is 1.64. The van der Waals surface area contributed by atoms with Crippen LogP contribution < -0.4 is 5.32 Å². The second-order valence-corrected chi connectivity index (χ2v) is 6.30. The highest BCUT2D eigenvalue weighted by atomic mass is 32.1. The first-order valence-corrected chi connectivity index (χ1v) is 8.46. The van der Waals surface area contributed by atoms with Crippen molar-refractivity contribution in [3.8, 4) is 0 Å². The standard InChI is InChI=1S/C17H16FN3O2S/c18-13-6-3-12(4-7-13)5-8-15(22)21-10-1-2-14(21)16(23)20-17-19-9-11-24-17/h3-9,11,14H,1-2,10H2,(H,19,20,23)/b8-5+. The van der Waals surface area contributed by atoms with E-state index in [-0.39, 0.29) is 17.6 Å². The van der Waals surface area contributed by atoms with E-state index in [1.807, 2.05) is 0 Å². The van der Waals surface area contributed by atoms with E-state index in [9.17, 15) is 14.0 Å². The van der Waals surface area contributed by atoms with Crippen molar-refractivity contribution in [2.45, 2.75) is 18.9 Å². The molecular formula is C17H16FN3O2S. The van der Waals surface area contributed by atoms with Gasteiger partial charge in [-0.15, -0.1) is 11.3 Å². The fraction of sp³-hybridized carbons (Fsp3) is 0.235. The summed E-state index contributed by atoms with van der Waals surface area (Å²) in [4.78, 5) is 30.3. The molecule has 1 aliphatic rings. The molecule has 1 atom stereocenters. The lowest BCUT2D eigenvalue weighted by atomic mass is 10.2. The number of halogens is 1. The maximum atomic E-state index is 12.9. The first kappa shape index (κ1) is 16.3. The first-order chi connectivity index (χ1) is 11.6. The molecule has 1 saturated heterocycles. The molecule has 1 aromatic heterocycles. The van der Waals surface area contributed by atoms with E-state index < -0.39 is 6.04 Å². The Labute approximate surface area is 142 Å². The third-order valence-electron chi connectivity index (χ3n) is 3.79. The summed E-state index contributed by atoms with van der Waals surface area (Å²) in [5.41, 5.74) is 0.729. The molecule has 0 saturated carbocycles. The van der Waals surface area contributed by atoms with E-state index in [4.69, 9.17) is 0 Å². The highest BCUT2D eigenvalue weighted by Crippen LogP contribution is 2.20. The van der Waals surface area contributed by atoms with Gasteiger partial charge in [0.25, 0.3) is 0 Å². The van der Waals surface area contributed by atoms with Crippen molar-refractivity contribution in [1.29, 1.82) is 0 Å². The number of nitrogens with zero attached hydrogens (tertiary/aromatic N) is 2. The van der Waals surface area contributed by atoms with Gasteiger partial charge in [0.15, 0.2) is 5.13 Å². The zero-order valence-electron chi connectivity index (χ0n) is 12.8. The van der Waals surface area contributed by atoms with Gasteiger partial charge in [0, 0.05) is 24.2 Å². The molecule has 24 heavy (non-hydrogen) atoms. The maximum Gasteiger partial charge on any atom is 0.248 e. The Morgan fingerprint density at radius 2 is 2.12 bits per heavy atom. The van der Waals surface area contributed by atoms with E-state index >= 15 is 0 Å². The van der Waals surface area contributed by atoms with Crippen molar-refractivity contribution in [3.05, 3.63) is 53.3 Å². The fourth-order valence-electron chi connectivity index (χ4n) is 2.61. The number of hydrogen-bond donors (Lipinski definition) is 1. The van der Waals surface area contributed by atoms with E-state index in [1.165, 1.54) is 29.5 Å². The Morgan fingerprint density at radius 1 is 1.33 bits per heavy atom. The topological polar surface area (TPSA) is 62.3 Å². The number of carbonyl (C=O) groups is 2. The molecule has 1 aliphatic heterocycles. The number of rotatable bonds is 4. The van der Waals surface area contributed by atoms with Gasteiger partial charge in [-0.05, 0) is 36.6 Å². The summed E-state index contributed by atoms with van der Waals surface area (Å²) in [6.45, 7) is 0.544. The van der Waals surface area contributed by atoms with Crippen molar-refractivity contribution in [1.82, 2.24) is 9.88 Å². The first-order valence-electron chi connectivity index (χ1n) is 7.58. The largest absolute Gasteiger partial charge is 0.327 e. The molecule has 1 N–H and O–H groups in total. The van der Waals surface area contributed by atoms with Gasteiger partial charge in [-0.1, -0.05) is 12.1 Å². The van der Waals surface area contributed by atoms with Crippen molar-refractivity contribution in [3.63, 3.8) is 0 Å². The molecule has 124 valence electrons. The molecule has 3 rings (SSSR count). The van der Waals surface area contributed by atoms with E-state index in [0.717, 1.165) is 12.0 Å². The predicted octanol–water partition coefficient (Wildman–Crippen LogP) is 2.93. The number of benzene rings is 1. The minimum Gasteiger partial charge on any atom is -0.327 e. The number of likely N-dealkylation sites (tertiary alicyclic amines) is 1. The van der Waals surface area contributed by atoms with Crippen molar-refractivity contribution < 1.29 is 14.0 Å². The molecule has 1 fully saturated rings. The van der Waals surface area contributed by atoms with Crippen molar-refractivity contribution in [2.24, 2.45) is 0 Å². The van der Waals surface area contributed by atoms with Crippen LogP contribution in [0, 0.1) is 5.82 Å². The van der Waals surface area contributed by atoms with Gasteiger partial charge in [-0.2, -0.15) is 0 Å². The Hall–Kier alpha value is -2.54. The quantitative estimate of drug-likeness (QED) is 0.867. The minimum atomic E-state index is -0.487. The second kappa shape index (κ2) is 7.35. The smallest absolute Gasteiger partial charge is 0.248 e. The van der Waals surface area contributed by atoms with E-state index in [2.05, 4.69) is 10.3 Å². The number of aromatic nitrogens is 1. The molecule has 0 bridgehead atoms. The van der Waals surface area contributed by atoms with Crippen molar-refractivity contribution in [2.75, 3.05) is 11.9 Å². The molecule has 1 aromatic carbocycles. The number of amides is 2. The summed E-state index contributed by atoms with van der Waals surface area (Å²) < 4.78 is 12.9. The molecule has 0 aliphatic carbocycles. The number of hydrogen-bond acceptors (Lipinski definition) is 4. The summed E-state index contributed by atoms with van der Waals surface area (Å²) in [6.07, 6.45) is 6.07. The van der Waals surface area contributed by atoms with E-state index in [0.29, 0.717) is 18.1 Å². The number of anilines is 1. The highest BCUT2D eigenvalue weighted by molar-refractivity contribution is 7.13. The number of thiazole rings is 1. The van der Waals surface area contributed by atoms with Gasteiger partial charge in [0.05, 0.1) is 0 Å². The van der Waals surface area contributed by atoms with Crippen LogP contribution in [0.25, 0.3) is 6.08 Å². The Morgan fingerprint density at radius 3 is 2.83 bits per heavy atom. The van der Waals surface area contributed by atoms with Crippen LogP contribution in [-0.4, -0.2) is 34.3 Å². The molecular weight excluding hydrogens is 329 g/mol. The van der Waals surface area contributed by atoms with E-state index in [1.54, 1.807) is 34.7 Å². The monoisotopic (exact) mass is 345 g/mol. The molecule has 1 unspecified atom stereocenters. The van der Waals surface area contributed by atoms with Crippen LogP contribution in [0.2, 0.25) is 0 Å². The molecule has 0 radical (unpaired) electrons. The van der Waals surface area contributed by atoms with Gasteiger partial charge >= 0.3 is 0 Å². The van der Waals surface area contributed by atoms with Crippen LogP contribution in [0.1, 0.15) is 18.4 Å². The van der Waals surface area contributed by atoms with Gasteiger partial charge in [0.2, 0.25) is 11.8 Å². The molecule has 2 amide bonds. The molecule has 2 heterocycles.